The SMILES string of the molecule is C=CC(=O)OCCCCOCC(COc1ccc(C(=O)Oc2ccc(CCOC(=O)c3ccc(OC(C)(C)CC(C)(C)OC(=O)C=C)cc3)cc2/C=N/N=C2\C3C=CC=CC3[C@@H]3C=CC=CC23)cc1)OC(=O)C=C. The summed E-state index contributed by atoms with van der Waals surface area (Å²) in [6, 6.07) is 18.2. The van der Waals surface area contributed by atoms with E-state index >= 15 is 0 Å². The van der Waals surface area contributed by atoms with Crippen LogP contribution in [-0.2, 0) is 44.5 Å². The number of carbonyl (C=O) groups is 5. The topological polar surface area (TPSA) is 184 Å². The lowest BCUT2D eigenvalue weighted by Crippen LogP contribution is -2.40. The van der Waals surface area contributed by atoms with Crippen LogP contribution in [0.4, 0.5) is 0 Å². The summed E-state index contributed by atoms with van der Waals surface area (Å²) in [6.45, 7) is 18.3. The molecule has 74 heavy (non-hydrogen) atoms. The summed E-state index contributed by atoms with van der Waals surface area (Å²) in [5.74, 6) is -0.901. The Morgan fingerprint density at radius 3 is 1.91 bits per heavy atom. The average molecular weight is 1010 g/mol. The van der Waals surface area contributed by atoms with Crippen molar-refractivity contribution < 1.29 is 61.9 Å². The highest BCUT2D eigenvalue weighted by atomic mass is 16.6. The van der Waals surface area contributed by atoms with Crippen LogP contribution in [0.5, 0.6) is 17.2 Å². The Morgan fingerprint density at radius 1 is 0.649 bits per heavy atom. The second-order valence-electron chi connectivity index (χ2n) is 18.9. The van der Waals surface area contributed by atoms with Crippen LogP contribution in [-0.4, -0.2) is 92.1 Å². The quantitative estimate of drug-likeness (QED) is 0.0134. The summed E-state index contributed by atoms with van der Waals surface area (Å²) in [6.07, 6.45) is 23.0. The first kappa shape index (κ1) is 55.4. The molecule has 0 radical (unpaired) electrons. The van der Waals surface area contributed by atoms with Gasteiger partial charge in [-0.25, -0.2) is 24.0 Å². The molecule has 3 aromatic rings. The molecule has 4 unspecified atom stereocenters. The third-order valence-corrected chi connectivity index (χ3v) is 12.0. The minimum Gasteiger partial charge on any atom is -0.490 e. The molecule has 0 N–H and O–H groups in total. The van der Waals surface area contributed by atoms with Gasteiger partial charge in [-0.05, 0) is 119 Å². The zero-order valence-electron chi connectivity index (χ0n) is 42.4. The van der Waals surface area contributed by atoms with Crippen molar-refractivity contribution in [2.45, 2.75) is 70.7 Å². The number of benzene rings is 3. The van der Waals surface area contributed by atoms with E-state index in [1.807, 2.05) is 32.1 Å². The summed E-state index contributed by atoms with van der Waals surface area (Å²) in [7, 11) is 0. The largest absolute Gasteiger partial charge is 0.490 e. The van der Waals surface area contributed by atoms with Crippen molar-refractivity contribution >= 4 is 41.8 Å². The molecule has 15 nitrogen and oxygen atoms in total. The van der Waals surface area contributed by atoms with Crippen LogP contribution < -0.4 is 14.2 Å². The van der Waals surface area contributed by atoms with Gasteiger partial charge in [0.2, 0.25) is 0 Å². The van der Waals surface area contributed by atoms with E-state index in [2.05, 4.69) is 61.3 Å². The van der Waals surface area contributed by atoms with Crippen LogP contribution in [0.2, 0.25) is 0 Å². The van der Waals surface area contributed by atoms with Crippen molar-refractivity contribution in [3.8, 4) is 17.2 Å². The van der Waals surface area contributed by atoms with E-state index in [0.717, 1.165) is 29.5 Å². The maximum absolute atomic E-state index is 13.7. The first-order valence-electron chi connectivity index (χ1n) is 24.5. The summed E-state index contributed by atoms with van der Waals surface area (Å²) >= 11 is 0. The monoisotopic (exact) mass is 1010 g/mol. The van der Waals surface area contributed by atoms with Crippen LogP contribution in [0, 0.1) is 23.7 Å². The standard InChI is InChI=1S/C59H64N2O13/c1-8-52(62)68-33-16-15-32-67-37-46(71-53(63)9-2)38-70-44-26-22-42(23-27-44)57(66)72-51-30-21-40(35-43(51)36-60-61-55-49-19-13-11-17-47(49)48-18-12-14-20-50(48)55)31-34-69-56(65)41-24-28-45(29-25-41)73-58(4,5)39-59(6,7)74-54(64)10-3/h8-14,17-30,35-36,46-50H,1-3,15-16,31-34,37-39H2,4-7H3/b60-36+,61-55-/t46?,47-,48?,49?,50?/m0/s1. The Labute approximate surface area is 432 Å². The van der Waals surface area contributed by atoms with Crippen LogP contribution in [0.15, 0.2) is 164 Å². The molecule has 0 bridgehead atoms. The molecule has 1 saturated carbocycles. The van der Waals surface area contributed by atoms with E-state index in [1.54, 1.807) is 80.7 Å². The molecule has 3 aliphatic carbocycles. The van der Waals surface area contributed by atoms with E-state index in [1.165, 1.54) is 0 Å². The van der Waals surface area contributed by atoms with Gasteiger partial charge in [0.1, 0.15) is 35.1 Å². The second-order valence-corrected chi connectivity index (χ2v) is 18.9. The predicted molar refractivity (Wildman–Crippen MR) is 280 cm³/mol. The lowest BCUT2D eigenvalue weighted by molar-refractivity contribution is -0.154. The van der Waals surface area contributed by atoms with E-state index in [9.17, 15) is 24.0 Å². The van der Waals surface area contributed by atoms with E-state index < -0.39 is 47.2 Å². The summed E-state index contributed by atoms with van der Waals surface area (Å²) in [5.41, 5.74) is 1.28. The minimum atomic E-state index is -0.805. The predicted octanol–water partition coefficient (Wildman–Crippen LogP) is 9.87. The smallest absolute Gasteiger partial charge is 0.343 e. The van der Waals surface area contributed by atoms with Gasteiger partial charge in [-0.2, -0.15) is 10.2 Å². The van der Waals surface area contributed by atoms with Crippen molar-refractivity contribution in [1.29, 1.82) is 0 Å². The van der Waals surface area contributed by atoms with Crippen molar-refractivity contribution in [1.82, 2.24) is 0 Å². The highest BCUT2D eigenvalue weighted by molar-refractivity contribution is 5.97. The fourth-order valence-corrected chi connectivity index (χ4v) is 8.89. The molecular weight excluding hydrogens is 945 g/mol. The number of hydrogen-bond acceptors (Lipinski definition) is 15. The van der Waals surface area contributed by atoms with Gasteiger partial charge in [-0.15, -0.1) is 0 Å². The highest BCUT2D eigenvalue weighted by Crippen LogP contribution is 2.45. The molecule has 0 aliphatic heterocycles. The van der Waals surface area contributed by atoms with E-state index in [-0.39, 0.29) is 61.4 Å². The number of fused-ring (bicyclic) bond motifs is 3. The summed E-state index contributed by atoms with van der Waals surface area (Å²) < 4.78 is 45.3. The number of esters is 5. The number of allylic oxidation sites excluding steroid dienone is 8. The minimum absolute atomic E-state index is 0.0399. The Morgan fingerprint density at radius 2 is 1.26 bits per heavy atom. The van der Waals surface area contributed by atoms with Gasteiger partial charge < -0.3 is 37.9 Å². The van der Waals surface area contributed by atoms with E-state index in [0.29, 0.717) is 54.9 Å². The van der Waals surface area contributed by atoms with Gasteiger partial charge in [0.05, 0.1) is 42.9 Å². The van der Waals surface area contributed by atoms with Crippen molar-refractivity contribution in [2.75, 3.05) is 33.0 Å². The van der Waals surface area contributed by atoms with Crippen LogP contribution in [0.25, 0.3) is 0 Å². The Balaban J connectivity index is 1.09. The molecule has 5 atom stereocenters. The average Bonchev–Trinajstić information content (AvgIpc) is 3.70. The van der Waals surface area contributed by atoms with Crippen molar-refractivity contribution in [2.24, 2.45) is 33.9 Å². The van der Waals surface area contributed by atoms with Crippen LogP contribution in [0.1, 0.15) is 78.8 Å². The molecule has 3 aliphatic rings. The van der Waals surface area contributed by atoms with Crippen molar-refractivity contribution in [3.05, 3.63) is 176 Å². The van der Waals surface area contributed by atoms with Crippen molar-refractivity contribution in [3.63, 3.8) is 0 Å². The molecule has 0 heterocycles. The summed E-state index contributed by atoms with van der Waals surface area (Å²) in [4.78, 5) is 61.9. The summed E-state index contributed by atoms with van der Waals surface area (Å²) in [5, 5.41) is 9.34. The first-order chi connectivity index (χ1) is 35.6. The molecular formula is C59H64N2O13. The van der Waals surface area contributed by atoms with Crippen LogP contribution >= 0.6 is 0 Å². The van der Waals surface area contributed by atoms with Gasteiger partial charge >= 0.3 is 29.8 Å². The second kappa shape index (κ2) is 26.7. The Hall–Kier alpha value is -7.91. The van der Waals surface area contributed by atoms with Gasteiger partial charge in [0.25, 0.3) is 0 Å². The number of hydrogen-bond donors (Lipinski definition) is 0. The van der Waals surface area contributed by atoms with Gasteiger partial charge in [0.15, 0.2) is 6.10 Å². The molecule has 0 spiro atoms. The molecule has 1 fully saturated rings. The first-order valence-corrected chi connectivity index (χ1v) is 24.5. The van der Waals surface area contributed by atoms with Gasteiger partial charge in [0, 0.05) is 55.1 Å². The van der Waals surface area contributed by atoms with Gasteiger partial charge in [-0.3, -0.25) is 0 Å². The molecule has 388 valence electrons. The highest BCUT2D eigenvalue weighted by Gasteiger charge is 2.45. The molecule has 0 saturated heterocycles. The molecule has 0 amide bonds. The Bertz CT molecular complexity index is 2650. The number of nitrogens with zero attached hydrogens (tertiary/aromatic N) is 2. The third kappa shape index (κ3) is 16.6. The number of unbranched alkanes of at least 4 members (excludes halogenated alkanes) is 1. The van der Waals surface area contributed by atoms with Gasteiger partial charge in [-0.1, -0.05) is 74.4 Å². The normalized spacial score (nSPS) is 18.4. The lowest BCUT2D eigenvalue weighted by Gasteiger charge is -2.34. The fraction of sp³-hybridized carbons (Fsp3) is 0.339. The Kier molecular flexibility index (Phi) is 20.0. The maximum atomic E-state index is 13.7. The number of ether oxygens (including phenoxy) is 8. The lowest BCUT2D eigenvalue weighted by atomic mass is 9.83. The molecule has 15 heteroatoms. The molecule has 0 aromatic heterocycles. The molecule has 3 aromatic carbocycles. The zero-order valence-corrected chi connectivity index (χ0v) is 42.4. The zero-order chi connectivity index (χ0) is 53.1. The van der Waals surface area contributed by atoms with Crippen LogP contribution in [0.3, 0.4) is 0 Å². The molecule has 6 rings (SSSR count). The number of rotatable bonds is 27. The fourth-order valence-electron chi connectivity index (χ4n) is 8.89. The number of carbonyl (C=O) groups excluding carboxylic acids is 5. The van der Waals surface area contributed by atoms with E-state index in [4.69, 9.17) is 43.0 Å². The maximum Gasteiger partial charge on any atom is 0.343 e. The third-order valence-electron chi connectivity index (χ3n) is 12.0.